The number of amides is 4. The van der Waals surface area contributed by atoms with Gasteiger partial charge in [-0.1, -0.05) is 6.07 Å². The van der Waals surface area contributed by atoms with Gasteiger partial charge in [0.1, 0.15) is 17.0 Å². The minimum absolute atomic E-state index is 0.125. The number of fused-ring (bicyclic) bond motifs is 1. The Balaban J connectivity index is 2.31. The molecule has 1 aliphatic heterocycles. The third-order valence-electron chi connectivity index (χ3n) is 4.74. The van der Waals surface area contributed by atoms with Crippen LogP contribution in [0.5, 0.6) is 0 Å². The summed E-state index contributed by atoms with van der Waals surface area (Å²) in [6.07, 6.45) is 2.82. The number of barbiturate groups is 1. The molecule has 9 heteroatoms. The summed E-state index contributed by atoms with van der Waals surface area (Å²) < 4.78 is 1.36. The Kier molecular flexibility index (Phi) is 5.00. The molecule has 9 nitrogen and oxygen atoms in total. The Morgan fingerprint density at radius 2 is 1.61 bits per heavy atom. The van der Waals surface area contributed by atoms with Gasteiger partial charge in [0.15, 0.2) is 0 Å². The molecule has 0 aliphatic carbocycles. The molecule has 0 atom stereocenters. The Labute approximate surface area is 161 Å². The van der Waals surface area contributed by atoms with Gasteiger partial charge in [0.25, 0.3) is 17.4 Å². The zero-order chi connectivity index (χ0) is 20.6. The predicted octanol–water partition coefficient (Wildman–Crippen LogP) is 0.974. The highest BCUT2D eigenvalue weighted by Gasteiger charge is 2.38. The van der Waals surface area contributed by atoms with Crippen LogP contribution in [0.1, 0.15) is 19.4 Å². The van der Waals surface area contributed by atoms with E-state index in [1.165, 1.54) is 24.6 Å². The molecule has 0 bridgehead atoms. The molecule has 1 fully saturated rings. The number of urea groups is 1. The highest BCUT2D eigenvalue weighted by Crippen LogP contribution is 2.22. The number of imide groups is 2. The summed E-state index contributed by atoms with van der Waals surface area (Å²) in [5.41, 5.74) is -0.0712. The van der Waals surface area contributed by atoms with Gasteiger partial charge < -0.3 is 4.90 Å². The number of carbonyl (C=O) groups excluding carboxylic acids is 3. The third kappa shape index (κ3) is 2.94. The molecule has 0 saturated carbocycles. The summed E-state index contributed by atoms with van der Waals surface area (Å²) in [4.78, 5) is 58.3. The van der Waals surface area contributed by atoms with E-state index in [1.807, 2.05) is 18.7 Å². The van der Waals surface area contributed by atoms with Crippen molar-refractivity contribution in [3.63, 3.8) is 0 Å². The van der Waals surface area contributed by atoms with E-state index >= 15 is 0 Å². The van der Waals surface area contributed by atoms with Crippen molar-refractivity contribution in [3.8, 4) is 0 Å². The lowest BCUT2D eigenvalue weighted by molar-refractivity contribution is -0.134. The van der Waals surface area contributed by atoms with E-state index in [-0.39, 0.29) is 11.1 Å². The standard InChI is InChI=1S/C19H21N5O4/c1-5-23(6-2)15-12(18(27)24-10-8-7-9-14(24)20-15)11-13-16(25)21(3)19(28)22(4)17(13)26/h7-11H,5-6H2,1-4H3. The number of aromatic nitrogens is 2. The molecule has 28 heavy (non-hydrogen) atoms. The Hall–Kier alpha value is -3.49. The van der Waals surface area contributed by atoms with E-state index in [2.05, 4.69) is 4.98 Å². The lowest BCUT2D eigenvalue weighted by Crippen LogP contribution is -2.53. The number of anilines is 1. The van der Waals surface area contributed by atoms with Crippen molar-refractivity contribution in [1.29, 1.82) is 0 Å². The quantitative estimate of drug-likeness (QED) is 0.577. The fourth-order valence-electron chi connectivity index (χ4n) is 3.10. The van der Waals surface area contributed by atoms with Gasteiger partial charge in [-0.3, -0.25) is 28.6 Å². The van der Waals surface area contributed by atoms with Crippen LogP contribution in [0.15, 0.2) is 34.8 Å². The minimum Gasteiger partial charge on any atom is -0.356 e. The molecule has 3 heterocycles. The maximum atomic E-state index is 13.1. The van der Waals surface area contributed by atoms with Crippen molar-refractivity contribution < 1.29 is 14.4 Å². The van der Waals surface area contributed by atoms with Crippen LogP contribution in [-0.4, -0.2) is 64.2 Å². The van der Waals surface area contributed by atoms with Gasteiger partial charge in [0.2, 0.25) is 0 Å². The Morgan fingerprint density at radius 1 is 1.00 bits per heavy atom. The molecule has 0 aromatic carbocycles. The van der Waals surface area contributed by atoms with Crippen LogP contribution in [0, 0.1) is 0 Å². The zero-order valence-corrected chi connectivity index (χ0v) is 16.2. The van der Waals surface area contributed by atoms with E-state index in [0.717, 1.165) is 9.80 Å². The predicted molar refractivity (Wildman–Crippen MR) is 104 cm³/mol. The van der Waals surface area contributed by atoms with E-state index in [4.69, 9.17) is 0 Å². The second kappa shape index (κ2) is 7.26. The van der Waals surface area contributed by atoms with Gasteiger partial charge in [-0.25, -0.2) is 9.78 Å². The molecule has 146 valence electrons. The number of hydrogen-bond donors (Lipinski definition) is 0. The largest absolute Gasteiger partial charge is 0.356 e. The normalized spacial score (nSPS) is 14.9. The number of carbonyl (C=O) groups is 3. The van der Waals surface area contributed by atoms with Gasteiger partial charge in [-0.05, 0) is 32.1 Å². The van der Waals surface area contributed by atoms with Gasteiger partial charge in [0.05, 0.1) is 5.56 Å². The lowest BCUT2D eigenvalue weighted by Gasteiger charge is -2.29. The number of likely N-dealkylation sites (N-methyl/N-ethyl adjacent to an activating group) is 2. The van der Waals surface area contributed by atoms with E-state index in [0.29, 0.717) is 24.6 Å². The molecule has 2 aromatic heterocycles. The maximum absolute atomic E-state index is 13.1. The first-order valence-corrected chi connectivity index (χ1v) is 8.89. The number of hydrogen-bond acceptors (Lipinski definition) is 6. The van der Waals surface area contributed by atoms with Crippen molar-refractivity contribution >= 4 is 35.4 Å². The van der Waals surface area contributed by atoms with Gasteiger partial charge in [-0.15, -0.1) is 0 Å². The molecule has 0 radical (unpaired) electrons. The molecule has 1 aliphatic rings. The molecule has 4 amide bonds. The van der Waals surface area contributed by atoms with Crippen molar-refractivity contribution in [3.05, 3.63) is 45.9 Å². The average Bonchev–Trinajstić information content (AvgIpc) is 2.71. The zero-order valence-electron chi connectivity index (χ0n) is 16.2. The Bertz CT molecular complexity index is 1040. The van der Waals surface area contributed by atoms with Crippen LogP contribution < -0.4 is 10.5 Å². The van der Waals surface area contributed by atoms with Crippen molar-refractivity contribution in [2.75, 3.05) is 32.1 Å². The molecular formula is C19H21N5O4. The lowest BCUT2D eigenvalue weighted by atomic mass is 10.1. The van der Waals surface area contributed by atoms with Crippen LogP contribution >= 0.6 is 0 Å². The fraction of sp³-hybridized carbons (Fsp3) is 0.316. The maximum Gasteiger partial charge on any atom is 0.333 e. The number of nitrogens with zero attached hydrogens (tertiary/aromatic N) is 5. The second-order valence-corrected chi connectivity index (χ2v) is 6.32. The average molecular weight is 383 g/mol. The van der Waals surface area contributed by atoms with Crippen LogP contribution in [0.3, 0.4) is 0 Å². The summed E-state index contributed by atoms with van der Waals surface area (Å²) >= 11 is 0. The molecule has 3 rings (SSSR count). The monoisotopic (exact) mass is 383 g/mol. The summed E-state index contributed by atoms with van der Waals surface area (Å²) in [5.74, 6) is -1.12. The van der Waals surface area contributed by atoms with E-state index < -0.39 is 23.4 Å². The smallest absolute Gasteiger partial charge is 0.333 e. The molecule has 0 N–H and O–H groups in total. The SMILES string of the molecule is CCN(CC)c1nc2ccccn2c(=O)c1C=C1C(=O)N(C)C(=O)N(C)C1=O. The number of pyridine rings is 1. The Morgan fingerprint density at radius 3 is 2.18 bits per heavy atom. The van der Waals surface area contributed by atoms with Crippen LogP contribution in [0.25, 0.3) is 11.7 Å². The minimum atomic E-state index is -0.754. The first kappa shape index (κ1) is 19.3. The summed E-state index contributed by atoms with van der Waals surface area (Å²) in [7, 11) is 2.58. The third-order valence-corrected chi connectivity index (χ3v) is 4.74. The second-order valence-electron chi connectivity index (χ2n) is 6.32. The summed E-state index contributed by atoms with van der Waals surface area (Å²) in [6.45, 7) is 5.02. The van der Waals surface area contributed by atoms with Crippen LogP contribution in [0.4, 0.5) is 10.6 Å². The van der Waals surface area contributed by atoms with E-state index in [9.17, 15) is 19.2 Å². The highest BCUT2D eigenvalue weighted by molar-refractivity contribution is 6.30. The fourth-order valence-corrected chi connectivity index (χ4v) is 3.10. The van der Waals surface area contributed by atoms with Crippen molar-refractivity contribution in [2.24, 2.45) is 0 Å². The first-order chi connectivity index (χ1) is 13.3. The van der Waals surface area contributed by atoms with Crippen LogP contribution in [-0.2, 0) is 9.59 Å². The summed E-state index contributed by atoms with van der Waals surface area (Å²) in [6, 6.07) is 4.46. The molecule has 0 spiro atoms. The topological polar surface area (TPSA) is 95.3 Å². The van der Waals surface area contributed by atoms with Gasteiger partial charge >= 0.3 is 6.03 Å². The molecule has 2 aromatic rings. The molecule has 0 unspecified atom stereocenters. The van der Waals surface area contributed by atoms with Gasteiger partial charge in [-0.2, -0.15) is 0 Å². The highest BCUT2D eigenvalue weighted by atomic mass is 16.2. The summed E-state index contributed by atoms with van der Waals surface area (Å²) in [5, 5.41) is 0. The van der Waals surface area contributed by atoms with E-state index in [1.54, 1.807) is 24.4 Å². The van der Waals surface area contributed by atoms with Gasteiger partial charge in [0, 0.05) is 33.4 Å². The first-order valence-electron chi connectivity index (χ1n) is 8.89. The van der Waals surface area contributed by atoms with Crippen LogP contribution in [0.2, 0.25) is 0 Å². The molecule has 1 saturated heterocycles. The van der Waals surface area contributed by atoms with Crippen molar-refractivity contribution in [2.45, 2.75) is 13.8 Å². The molecular weight excluding hydrogens is 362 g/mol. The number of rotatable bonds is 4. The van der Waals surface area contributed by atoms with Crippen molar-refractivity contribution in [1.82, 2.24) is 19.2 Å².